The number of fused-ring (bicyclic) bond motifs is 1. The van der Waals surface area contributed by atoms with Gasteiger partial charge in [0.05, 0.1) is 13.7 Å². The van der Waals surface area contributed by atoms with Gasteiger partial charge in [-0.05, 0) is 29.3 Å². The molecule has 0 unspecified atom stereocenters. The molecule has 0 bridgehead atoms. The van der Waals surface area contributed by atoms with Gasteiger partial charge in [0.1, 0.15) is 5.75 Å². The fraction of sp³-hybridized carbons (Fsp3) is 0.286. The van der Waals surface area contributed by atoms with Crippen molar-refractivity contribution in [2.45, 2.75) is 12.3 Å². The zero-order valence-electron chi connectivity index (χ0n) is 15.1. The van der Waals surface area contributed by atoms with E-state index in [1.165, 1.54) is 0 Å². The lowest BCUT2D eigenvalue weighted by molar-refractivity contribution is -0.121. The highest BCUT2D eigenvalue weighted by molar-refractivity contribution is 5.86. The van der Waals surface area contributed by atoms with Crippen molar-refractivity contribution in [2.75, 3.05) is 27.4 Å². The Morgan fingerprint density at radius 2 is 2.00 bits per heavy atom. The van der Waals surface area contributed by atoms with Crippen LogP contribution in [0.4, 0.5) is 0 Å². The third-order valence-electron chi connectivity index (χ3n) is 4.51. The van der Waals surface area contributed by atoms with Crippen LogP contribution in [-0.2, 0) is 9.53 Å². The maximum atomic E-state index is 12.5. The van der Waals surface area contributed by atoms with Gasteiger partial charge in [-0.3, -0.25) is 4.79 Å². The minimum absolute atomic E-state index is 0.000140. The van der Waals surface area contributed by atoms with E-state index in [4.69, 9.17) is 9.47 Å². The standard InChI is InChI=1S/C21H24N2O3/c1-25-11-10-22-21(24)13-18(15-6-5-7-16(12-15)26-2)19-14-23-20-9-4-3-8-17(19)20/h3-9,12,14,18,23H,10-11,13H2,1-2H3,(H,22,24)/t18-/m0/s1. The van der Waals surface area contributed by atoms with Crippen molar-refractivity contribution in [1.82, 2.24) is 10.3 Å². The third kappa shape index (κ3) is 4.06. The van der Waals surface area contributed by atoms with E-state index in [0.717, 1.165) is 27.8 Å². The van der Waals surface area contributed by atoms with Gasteiger partial charge < -0.3 is 19.8 Å². The molecule has 0 saturated carbocycles. The number of nitrogens with one attached hydrogen (secondary N) is 2. The quantitative estimate of drug-likeness (QED) is 0.610. The van der Waals surface area contributed by atoms with Crippen LogP contribution >= 0.6 is 0 Å². The minimum Gasteiger partial charge on any atom is -0.497 e. The molecule has 1 aromatic heterocycles. The molecule has 0 saturated heterocycles. The number of hydrogen-bond acceptors (Lipinski definition) is 3. The molecule has 136 valence electrons. The lowest BCUT2D eigenvalue weighted by Crippen LogP contribution is -2.28. The van der Waals surface area contributed by atoms with E-state index in [9.17, 15) is 4.79 Å². The summed E-state index contributed by atoms with van der Waals surface area (Å²) in [5, 5.41) is 4.05. The van der Waals surface area contributed by atoms with Crippen LogP contribution in [0.2, 0.25) is 0 Å². The van der Waals surface area contributed by atoms with Gasteiger partial charge in [-0.15, -0.1) is 0 Å². The van der Waals surface area contributed by atoms with Crippen molar-refractivity contribution in [3.05, 3.63) is 65.9 Å². The van der Waals surface area contributed by atoms with Gasteiger partial charge in [0.2, 0.25) is 5.91 Å². The fourth-order valence-corrected chi connectivity index (χ4v) is 3.20. The topological polar surface area (TPSA) is 63.4 Å². The second kappa shape index (κ2) is 8.54. The summed E-state index contributed by atoms with van der Waals surface area (Å²) in [6.45, 7) is 1.01. The number of carbonyl (C=O) groups is 1. The number of amides is 1. The van der Waals surface area contributed by atoms with Crippen molar-refractivity contribution in [1.29, 1.82) is 0 Å². The van der Waals surface area contributed by atoms with Gasteiger partial charge in [-0.1, -0.05) is 30.3 Å². The molecule has 3 rings (SSSR count). The van der Waals surface area contributed by atoms with E-state index in [0.29, 0.717) is 19.6 Å². The molecule has 0 aliphatic heterocycles. The Kier molecular flexibility index (Phi) is 5.92. The second-order valence-corrected chi connectivity index (χ2v) is 6.17. The molecule has 0 fully saturated rings. The number of aromatic amines is 1. The number of rotatable bonds is 8. The van der Waals surface area contributed by atoms with Gasteiger partial charge in [-0.25, -0.2) is 0 Å². The number of hydrogen-bond donors (Lipinski definition) is 2. The lowest BCUT2D eigenvalue weighted by atomic mass is 9.88. The van der Waals surface area contributed by atoms with Crippen molar-refractivity contribution in [3.63, 3.8) is 0 Å². The van der Waals surface area contributed by atoms with E-state index < -0.39 is 0 Å². The summed E-state index contributed by atoms with van der Waals surface area (Å²) in [7, 11) is 3.27. The molecule has 2 N–H and O–H groups in total. The summed E-state index contributed by atoms with van der Waals surface area (Å²) in [4.78, 5) is 15.8. The predicted molar refractivity (Wildman–Crippen MR) is 103 cm³/mol. The molecule has 2 aromatic carbocycles. The Morgan fingerprint density at radius 3 is 2.81 bits per heavy atom. The zero-order chi connectivity index (χ0) is 18.4. The van der Waals surface area contributed by atoms with Crippen LogP contribution in [0.25, 0.3) is 10.9 Å². The van der Waals surface area contributed by atoms with Crippen LogP contribution in [0.15, 0.2) is 54.7 Å². The summed E-state index contributed by atoms with van der Waals surface area (Å²) in [6.07, 6.45) is 2.36. The van der Waals surface area contributed by atoms with Gasteiger partial charge in [0.15, 0.2) is 0 Å². The maximum absolute atomic E-state index is 12.5. The highest BCUT2D eigenvalue weighted by Crippen LogP contribution is 2.34. The minimum atomic E-state index is -0.0659. The number of H-pyrrole nitrogens is 1. The number of aromatic nitrogens is 1. The summed E-state index contributed by atoms with van der Waals surface area (Å²) >= 11 is 0. The number of ether oxygens (including phenoxy) is 2. The molecule has 0 radical (unpaired) electrons. The maximum Gasteiger partial charge on any atom is 0.221 e. The van der Waals surface area contributed by atoms with Crippen LogP contribution in [0.5, 0.6) is 5.75 Å². The van der Waals surface area contributed by atoms with Crippen LogP contribution in [0.1, 0.15) is 23.5 Å². The van der Waals surface area contributed by atoms with Gasteiger partial charge >= 0.3 is 0 Å². The molecule has 3 aromatic rings. The molecule has 1 heterocycles. The van der Waals surface area contributed by atoms with Crippen molar-refractivity contribution in [3.8, 4) is 5.75 Å². The number of para-hydroxylation sites is 1. The highest BCUT2D eigenvalue weighted by Gasteiger charge is 2.21. The van der Waals surface area contributed by atoms with E-state index >= 15 is 0 Å². The number of benzene rings is 2. The van der Waals surface area contributed by atoms with Gasteiger partial charge in [0.25, 0.3) is 0 Å². The van der Waals surface area contributed by atoms with Crippen molar-refractivity contribution in [2.24, 2.45) is 0 Å². The first-order chi connectivity index (χ1) is 12.7. The Balaban J connectivity index is 1.94. The Morgan fingerprint density at radius 1 is 1.15 bits per heavy atom. The normalized spacial score (nSPS) is 12.1. The third-order valence-corrected chi connectivity index (χ3v) is 4.51. The second-order valence-electron chi connectivity index (χ2n) is 6.17. The average molecular weight is 352 g/mol. The Bertz CT molecular complexity index is 872. The summed E-state index contributed by atoms with van der Waals surface area (Å²) in [5.41, 5.74) is 3.22. The molecule has 5 heteroatoms. The number of methoxy groups -OCH3 is 2. The van der Waals surface area contributed by atoms with Gasteiger partial charge in [0, 0.05) is 43.1 Å². The van der Waals surface area contributed by atoms with Crippen molar-refractivity contribution >= 4 is 16.8 Å². The molecule has 0 aliphatic rings. The lowest BCUT2D eigenvalue weighted by Gasteiger charge is -2.18. The fourth-order valence-electron chi connectivity index (χ4n) is 3.20. The number of carbonyl (C=O) groups excluding carboxylic acids is 1. The first-order valence-electron chi connectivity index (χ1n) is 8.68. The molecular weight excluding hydrogens is 328 g/mol. The van der Waals surface area contributed by atoms with Crippen LogP contribution in [-0.4, -0.2) is 38.3 Å². The Hall–Kier alpha value is -2.79. The van der Waals surface area contributed by atoms with Crippen LogP contribution < -0.4 is 10.1 Å². The predicted octanol–water partition coefficient (Wildman–Crippen LogP) is 3.46. The molecule has 0 aliphatic carbocycles. The molecular formula is C21H24N2O3. The van der Waals surface area contributed by atoms with E-state index in [-0.39, 0.29) is 11.8 Å². The summed E-state index contributed by atoms with van der Waals surface area (Å²) in [6, 6.07) is 16.0. The van der Waals surface area contributed by atoms with Crippen LogP contribution in [0, 0.1) is 0 Å². The average Bonchev–Trinajstić information content (AvgIpc) is 3.10. The SMILES string of the molecule is COCCNC(=O)C[C@@H](c1cccc(OC)c1)c1c[nH]c2ccccc12. The molecule has 5 nitrogen and oxygen atoms in total. The summed E-state index contributed by atoms with van der Waals surface area (Å²) in [5.74, 6) is 0.719. The monoisotopic (exact) mass is 352 g/mol. The largest absolute Gasteiger partial charge is 0.497 e. The molecule has 0 spiro atoms. The highest BCUT2D eigenvalue weighted by atomic mass is 16.5. The first kappa shape index (κ1) is 18.0. The smallest absolute Gasteiger partial charge is 0.221 e. The first-order valence-corrected chi connectivity index (χ1v) is 8.68. The van der Waals surface area contributed by atoms with Crippen molar-refractivity contribution < 1.29 is 14.3 Å². The zero-order valence-corrected chi connectivity index (χ0v) is 15.1. The molecule has 26 heavy (non-hydrogen) atoms. The Labute approximate surface area is 153 Å². The van der Waals surface area contributed by atoms with E-state index in [2.05, 4.69) is 16.4 Å². The van der Waals surface area contributed by atoms with Crippen LogP contribution in [0.3, 0.4) is 0 Å². The molecule has 1 atom stereocenters. The summed E-state index contributed by atoms with van der Waals surface area (Å²) < 4.78 is 10.4. The molecule has 1 amide bonds. The van der Waals surface area contributed by atoms with E-state index in [1.807, 2.05) is 48.7 Å². The van der Waals surface area contributed by atoms with Gasteiger partial charge in [-0.2, -0.15) is 0 Å². The van der Waals surface area contributed by atoms with E-state index in [1.54, 1.807) is 14.2 Å².